The number of carbonyl (C=O) groups is 4. The predicted molar refractivity (Wildman–Crippen MR) is 121 cm³/mol. The zero-order valence-corrected chi connectivity index (χ0v) is 17.9. The maximum absolute atomic E-state index is 14.3. The maximum atomic E-state index is 14.3. The van der Waals surface area contributed by atoms with Crippen LogP contribution in [0.1, 0.15) is 27.9 Å². The molecule has 0 bridgehead atoms. The van der Waals surface area contributed by atoms with E-state index in [1.54, 1.807) is 12.1 Å². The minimum atomic E-state index is -0.821. The van der Waals surface area contributed by atoms with E-state index in [-0.39, 0.29) is 23.5 Å². The summed E-state index contributed by atoms with van der Waals surface area (Å²) in [6.45, 7) is 5.97. The lowest BCUT2D eigenvalue weighted by Crippen LogP contribution is -2.09. The van der Waals surface area contributed by atoms with Gasteiger partial charge < -0.3 is 14.2 Å². The van der Waals surface area contributed by atoms with Gasteiger partial charge in [0.15, 0.2) is 17.3 Å². The molecule has 34 heavy (non-hydrogen) atoms. The SMILES string of the molecule is C=CC(=O)CC#Cc1ccc(C(=O)Oc2ccc(/C=C/C(=O)OCOC(=O)C=C)cc2F)cc1. The Kier molecular flexibility index (Phi) is 9.70. The van der Waals surface area contributed by atoms with Gasteiger partial charge in [0, 0.05) is 17.7 Å². The highest BCUT2D eigenvalue weighted by atomic mass is 19.1. The van der Waals surface area contributed by atoms with E-state index in [9.17, 15) is 23.6 Å². The Morgan fingerprint density at radius 2 is 1.65 bits per heavy atom. The molecule has 0 unspecified atom stereocenters. The van der Waals surface area contributed by atoms with Crippen LogP contribution in [0.4, 0.5) is 4.39 Å². The van der Waals surface area contributed by atoms with Crippen molar-refractivity contribution >= 4 is 29.8 Å². The molecule has 0 aliphatic rings. The van der Waals surface area contributed by atoms with E-state index >= 15 is 0 Å². The van der Waals surface area contributed by atoms with Gasteiger partial charge in [0.1, 0.15) is 0 Å². The lowest BCUT2D eigenvalue weighted by atomic mass is 10.1. The Morgan fingerprint density at radius 3 is 2.29 bits per heavy atom. The average molecular weight is 462 g/mol. The molecule has 8 heteroatoms. The van der Waals surface area contributed by atoms with Crippen molar-refractivity contribution in [2.45, 2.75) is 6.42 Å². The van der Waals surface area contributed by atoms with Gasteiger partial charge in [0.05, 0.1) is 12.0 Å². The standard InChI is InChI=1S/C26H19FO7/c1-3-21(28)7-5-6-18-8-12-20(13-9-18)26(31)34-23-14-10-19(16-22(23)27)11-15-25(30)33-17-32-24(29)4-2/h3-4,8-16H,1-2,7,17H2/b15-11+. The molecule has 0 atom stereocenters. The van der Waals surface area contributed by atoms with E-state index in [1.807, 2.05) is 0 Å². The van der Waals surface area contributed by atoms with Crippen molar-refractivity contribution in [2.24, 2.45) is 0 Å². The quantitative estimate of drug-likeness (QED) is 0.184. The molecule has 7 nitrogen and oxygen atoms in total. The number of allylic oxidation sites excluding steroid dienone is 1. The van der Waals surface area contributed by atoms with Crippen LogP contribution in [0.3, 0.4) is 0 Å². The van der Waals surface area contributed by atoms with Gasteiger partial charge >= 0.3 is 17.9 Å². The topological polar surface area (TPSA) is 96.0 Å². The lowest BCUT2D eigenvalue weighted by Gasteiger charge is -2.06. The second-order valence-electron chi connectivity index (χ2n) is 6.39. The summed E-state index contributed by atoms with van der Waals surface area (Å²) < 4.78 is 28.5. The number of ketones is 1. The van der Waals surface area contributed by atoms with Gasteiger partial charge in [-0.25, -0.2) is 18.8 Å². The fourth-order valence-electron chi connectivity index (χ4n) is 2.27. The van der Waals surface area contributed by atoms with Crippen LogP contribution in [-0.2, 0) is 23.9 Å². The summed E-state index contributed by atoms with van der Waals surface area (Å²) >= 11 is 0. The molecule has 172 valence electrons. The maximum Gasteiger partial charge on any atom is 0.343 e. The summed E-state index contributed by atoms with van der Waals surface area (Å²) in [7, 11) is 0. The molecular formula is C26H19FO7. The second-order valence-corrected chi connectivity index (χ2v) is 6.39. The largest absolute Gasteiger partial charge is 0.425 e. The van der Waals surface area contributed by atoms with Gasteiger partial charge in [-0.1, -0.05) is 31.1 Å². The minimum Gasteiger partial charge on any atom is -0.425 e. The van der Waals surface area contributed by atoms with Crippen LogP contribution in [0.15, 0.2) is 73.9 Å². The summed E-state index contributed by atoms with van der Waals surface area (Å²) in [4.78, 5) is 45.8. The zero-order chi connectivity index (χ0) is 24.9. The molecule has 0 saturated heterocycles. The Hall–Kier alpha value is -4.77. The molecular weight excluding hydrogens is 443 g/mol. The number of carbonyl (C=O) groups excluding carboxylic acids is 4. The number of benzene rings is 2. The fourth-order valence-corrected chi connectivity index (χ4v) is 2.27. The van der Waals surface area contributed by atoms with Crippen LogP contribution in [0.2, 0.25) is 0 Å². The van der Waals surface area contributed by atoms with E-state index in [1.165, 1.54) is 36.4 Å². The normalized spacial score (nSPS) is 9.91. The van der Waals surface area contributed by atoms with Crippen molar-refractivity contribution in [1.82, 2.24) is 0 Å². The molecule has 0 fully saturated rings. The first kappa shape index (κ1) is 25.5. The first-order valence-electron chi connectivity index (χ1n) is 9.72. The highest BCUT2D eigenvalue weighted by molar-refractivity contribution is 5.92. The second kappa shape index (κ2) is 12.9. The van der Waals surface area contributed by atoms with Crippen molar-refractivity contribution in [2.75, 3.05) is 6.79 Å². The summed E-state index contributed by atoms with van der Waals surface area (Å²) in [5.41, 5.74) is 1.07. The number of rotatable bonds is 9. The van der Waals surface area contributed by atoms with E-state index < -0.39 is 30.5 Å². The number of hydrogen-bond donors (Lipinski definition) is 0. The van der Waals surface area contributed by atoms with Crippen molar-refractivity contribution in [3.63, 3.8) is 0 Å². The van der Waals surface area contributed by atoms with Crippen molar-refractivity contribution in [3.05, 3.63) is 96.4 Å². The third kappa shape index (κ3) is 8.40. The molecule has 2 rings (SSSR count). The van der Waals surface area contributed by atoms with Crippen LogP contribution in [-0.4, -0.2) is 30.5 Å². The third-order valence-electron chi connectivity index (χ3n) is 3.98. The zero-order valence-electron chi connectivity index (χ0n) is 17.9. The molecule has 0 spiro atoms. The first-order chi connectivity index (χ1) is 16.3. The van der Waals surface area contributed by atoms with Crippen molar-refractivity contribution in [3.8, 4) is 17.6 Å². The highest BCUT2D eigenvalue weighted by Crippen LogP contribution is 2.20. The molecule has 0 amide bonds. The van der Waals surface area contributed by atoms with Crippen LogP contribution in [0.5, 0.6) is 5.75 Å². The fraction of sp³-hybridized carbons (Fsp3) is 0.0769. The first-order valence-corrected chi connectivity index (χ1v) is 9.72. The summed E-state index contributed by atoms with van der Waals surface area (Å²) in [6.07, 6.45) is 4.44. The third-order valence-corrected chi connectivity index (χ3v) is 3.98. The number of esters is 3. The van der Waals surface area contributed by atoms with Gasteiger partial charge in [0.25, 0.3) is 0 Å². The molecule has 0 heterocycles. The Labute approximate surface area is 195 Å². The molecule has 0 saturated carbocycles. The minimum absolute atomic E-state index is 0.0457. The molecule has 0 radical (unpaired) electrons. The van der Waals surface area contributed by atoms with E-state index in [2.05, 4.69) is 34.5 Å². The summed E-state index contributed by atoms with van der Waals surface area (Å²) in [6, 6.07) is 9.81. The Balaban J connectivity index is 1.94. The summed E-state index contributed by atoms with van der Waals surface area (Å²) in [5.74, 6) is 1.83. The Bertz CT molecular complexity index is 1200. The predicted octanol–water partition coefficient (Wildman–Crippen LogP) is 3.78. The van der Waals surface area contributed by atoms with E-state index in [0.717, 1.165) is 18.2 Å². The molecule has 0 aliphatic carbocycles. The highest BCUT2D eigenvalue weighted by Gasteiger charge is 2.12. The number of halogens is 1. The van der Waals surface area contributed by atoms with Gasteiger partial charge in [0.2, 0.25) is 6.79 Å². The molecule has 0 aromatic heterocycles. The average Bonchev–Trinajstić information content (AvgIpc) is 2.84. The van der Waals surface area contributed by atoms with Crippen LogP contribution in [0.25, 0.3) is 6.08 Å². The monoisotopic (exact) mass is 462 g/mol. The van der Waals surface area contributed by atoms with Gasteiger partial charge in [-0.05, 0) is 54.1 Å². The van der Waals surface area contributed by atoms with E-state index in [0.29, 0.717) is 11.1 Å². The van der Waals surface area contributed by atoms with Crippen molar-refractivity contribution in [1.29, 1.82) is 0 Å². The Morgan fingerprint density at radius 1 is 0.941 bits per heavy atom. The van der Waals surface area contributed by atoms with Gasteiger partial charge in [-0.15, -0.1) is 0 Å². The summed E-state index contributed by atoms with van der Waals surface area (Å²) in [5, 5.41) is 0. The smallest absolute Gasteiger partial charge is 0.343 e. The van der Waals surface area contributed by atoms with Crippen LogP contribution in [0, 0.1) is 17.7 Å². The number of ether oxygens (including phenoxy) is 3. The molecule has 2 aromatic rings. The van der Waals surface area contributed by atoms with Crippen LogP contribution >= 0.6 is 0 Å². The van der Waals surface area contributed by atoms with Gasteiger partial charge in [-0.3, -0.25) is 4.79 Å². The molecule has 0 aliphatic heterocycles. The van der Waals surface area contributed by atoms with E-state index in [4.69, 9.17) is 4.74 Å². The van der Waals surface area contributed by atoms with Crippen molar-refractivity contribution < 1.29 is 37.8 Å². The molecule has 0 N–H and O–H groups in total. The number of hydrogen-bond acceptors (Lipinski definition) is 7. The lowest BCUT2D eigenvalue weighted by molar-refractivity contribution is -0.160. The van der Waals surface area contributed by atoms with Gasteiger partial charge in [-0.2, -0.15) is 0 Å². The van der Waals surface area contributed by atoms with Crippen LogP contribution < -0.4 is 4.74 Å². The molecule has 2 aromatic carbocycles.